The number of hydrogen-bond acceptors (Lipinski definition) is 8. The number of fused-ring (bicyclic) bond motifs is 1. The number of nitrogens with one attached hydrogen (secondary N) is 3. The minimum absolute atomic E-state index is 0.0573. The molecule has 0 saturated heterocycles. The molecule has 2 aromatic heterocycles. The Balaban J connectivity index is 1.65. The van der Waals surface area contributed by atoms with Crippen LogP contribution in [0.4, 0.5) is 0 Å². The van der Waals surface area contributed by atoms with Crippen LogP contribution in [0.1, 0.15) is 46.4 Å². The Morgan fingerprint density at radius 3 is 2.85 bits per heavy atom. The molecule has 11 nitrogen and oxygen atoms in total. The number of hydrogen-bond donors (Lipinski definition) is 4. The first-order valence-electron chi connectivity index (χ1n) is 10.7. The van der Waals surface area contributed by atoms with E-state index in [1.807, 2.05) is 0 Å². The number of benzene rings is 1. The van der Waals surface area contributed by atoms with Crippen LogP contribution in [0.25, 0.3) is 0 Å². The molecule has 1 aliphatic rings. The van der Waals surface area contributed by atoms with Crippen LogP contribution in [-0.2, 0) is 16.0 Å². The summed E-state index contributed by atoms with van der Waals surface area (Å²) in [4.78, 5) is 47.3. The minimum Gasteiger partial charge on any atom is -0.506 e. The lowest BCUT2D eigenvalue weighted by atomic mass is 9.87. The lowest BCUT2D eigenvalue weighted by molar-refractivity contribution is -0.121. The number of imidazole rings is 1. The van der Waals surface area contributed by atoms with Gasteiger partial charge in [-0.05, 0) is 24.6 Å². The summed E-state index contributed by atoms with van der Waals surface area (Å²) in [5.41, 5.74) is 0.465. The predicted octanol–water partition coefficient (Wildman–Crippen LogP) is 1.59. The first-order valence-corrected chi connectivity index (χ1v) is 10.7. The van der Waals surface area contributed by atoms with Gasteiger partial charge in [-0.2, -0.15) is 0 Å². The van der Waals surface area contributed by atoms with E-state index in [0.717, 1.165) is 11.9 Å². The summed E-state index contributed by atoms with van der Waals surface area (Å²) in [6, 6.07) is 5.01. The van der Waals surface area contributed by atoms with E-state index in [4.69, 9.17) is 14.2 Å². The highest BCUT2D eigenvalue weighted by Crippen LogP contribution is 2.39. The molecule has 11 heteroatoms. The van der Waals surface area contributed by atoms with E-state index in [-0.39, 0.29) is 36.9 Å². The van der Waals surface area contributed by atoms with E-state index in [1.54, 1.807) is 37.6 Å². The van der Waals surface area contributed by atoms with E-state index in [0.29, 0.717) is 30.0 Å². The van der Waals surface area contributed by atoms with Crippen molar-refractivity contribution in [1.82, 2.24) is 20.3 Å². The molecule has 0 aliphatic carbocycles. The molecule has 0 unspecified atom stereocenters. The van der Waals surface area contributed by atoms with Gasteiger partial charge in [0.1, 0.15) is 11.3 Å². The first-order chi connectivity index (χ1) is 16.5. The molecular formula is C23H24N4O7. The average Bonchev–Trinajstić information content (AvgIpc) is 3.50. The number of carbonyl (C=O) groups is 2. The van der Waals surface area contributed by atoms with Crippen LogP contribution in [0.5, 0.6) is 17.2 Å². The van der Waals surface area contributed by atoms with Gasteiger partial charge in [0.25, 0.3) is 5.56 Å². The smallest absolute Gasteiger partial charge is 0.343 e. The third-order valence-electron chi connectivity index (χ3n) is 5.41. The molecule has 0 radical (unpaired) electrons. The van der Waals surface area contributed by atoms with Crippen LogP contribution in [0.2, 0.25) is 0 Å². The van der Waals surface area contributed by atoms with Crippen molar-refractivity contribution in [2.75, 3.05) is 19.9 Å². The van der Waals surface area contributed by atoms with Gasteiger partial charge >= 0.3 is 5.97 Å². The summed E-state index contributed by atoms with van der Waals surface area (Å²) in [6.45, 7) is 2.13. The maximum absolute atomic E-state index is 12.8. The van der Waals surface area contributed by atoms with Gasteiger partial charge in [0.05, 0.1) is 18.5 Å². The zero-order valence-corrected chi connectivity index (χ0v) is 18.4. The van der Waals surface area contributed by atoms with Crippen molar-refractivity contribution >= 4 is 11.9 Å². The van der Waals surface area contributed by atoms with E-state index >= 15 is 0 Å². The van der Waals surface area contributed by atoms with Gasteiger partial charge in [-0.1, -0.05) is 6.07 Å². The number of pyridine rings is 1. The molecule has 0 spiro atoms. The summed E-state index contributed by atoms with van der Waals surface area (Å²) in [6.07, 6.45) is 4.70. The third-order valence-corrected chi connectivity index (χ3v) is 5.41. The number of nitrogens with zero attached hydrogens (tertiary/aromatic N) is 1. The van der Waals surface area contributed by atoms with Crippen molar-refractivity contribution in [1.29, 1.82) is 0 Å². The third kappa shape index (κ3) is 4.87. The molecule has 0 saturated carbocycles. The monoisotopic (exact) mass is 468 g/mol. The van der Waals surface area contributed by atoms with Gasteiger partial charge in [0, 0.05) is 43.4 Å². The fourth-order valence-electron chi connectivity index (χ4n) is 3.76. The quantitative estimate of drug-likeness (QED) is 0.345. The van der Waals surface area contributed by atoms with Crippen LogP contribution in [0.15, 0.2) is 41.7 Å². The van der Waals surface area contributed by atoms with E-state index in [9.17, 15) is 19.5 Å². The number of amides is 1. The number of carbonyl (C=O) groups excluding carboxylic acids is 2. The van der Waals surface area contributed by atoms with Crippen LogP contribution < -0.4 is 20.3 Å². The van der Waals surface area contributed by atoms with Crippen molar-refractivity contribution in [2.24, 2.45) is 0 Å². The van der Waals surface area contributed by atoms with Gasteiger partial charge < -0.3 is 34.6 Å². The number of esters is 1. The lowest BCUT2D eigenvalue weighted by Crippen LogP contribution is -2.29. The topological polar surface area (TPSA) is 156 Å². The summed E-state index contributed by atoms with van der Waals surface area (Å²) >= 11 is 0. The van der Waals surface area contributed by atoms with Gasteiger partial charge in [0.2, 0.25) is 12.7 Å². The second kappa shape index (κ2) is 10.1. The molecule has 4 N–H and O–H groups in total. The fraction of sp³-hybridized carbons (Fsp3) is 0.304. The van der Waals surface area contributed by atoms with Crippen LogP contribution in [-0.4, -0.2) is 51.9 Å². The molecular weight excluding hydrogens is 444 g/mol. The standard InChI is InChI=1S/C23H24N4O7/c1-2-32-23(31)16-10-26-22(30)20(21(16)29)15(13-3-4-17-18(7-13)34-12-33-17)8-19(28)25-6-5-14-9-24-11-27-14/h3-4,7,9-11,15H,2,5-6,8,12H2,1H3,(H,24,27)(H,25,28)(H2,26,29,30)/t15-/m1/s1. The Morgan fingerprint density at radius 2 is 2.09 bits per heavy atom. The summed E-state index contributed by atoms with van der Waals surface area (Å²) in [7, 11) is 0. The van der Waals surface area contributed by atoms with Crippen LogP contribution in [0, 0.1) is 0 Å². The van der Waals surface area contributed by atoms with Crippen molar-refractivity contribution in [3.63, 3.8) is 0 Å². The Morgan fingerprint density at radius 1 is 1.26 bits per heavy atom. The number of ether oxygens (including phenoxy) is 3. The molecule has 0 fully saturated rings. The zero-order chi connectivity index (χ0) is 24.1. The Kier molecular flexibility index (Phi) is 6.81. The highest BCUT2D eigenvalue weighted by molar-refractivity contribution is 5.92. The van der Waals surface area contributed by atoms with E-state index in [1.165, 1.54) is 0 Å². The van der Waals surface area contributed by atoms with Crippen molar-refractivity contribution in [3.05, 3.63) is 69.7 Å². The molecule has 1 atom stereocenters. The summed E-state index contributed by atoms with van der Waals surface area (Å²) < 4.78 is 15.8. The molecule has 0 bridgehead atoms. The Labute approximate surface area is 194 Å². The van der Waals surface area contributed by atoms with Gasteiger partial charge in [-0.25, -0.2) is 9.78 Å². The Hall–Kier alpha value is -4.28. The number of aromatic nitrogens is 3. The zero-order valence-electron chi connectivity index (χ0n) is 18.4. The van der Waals surface area contributed by atoms with Gasteiger partial charge in [0.15, 0.2) is 11.5 Å². The van der Waals surface area contributed by atoms with Gasteiger partial charge in [-0.15, -0.1) is 0 Å². The van der Waals surface area contributed by atoms with Crippen molar-refractivity contribution in [2.45, 2.75) is 25.7 Å². The Bertz CT molecular complexity index is 1240. The SMILES string of the molecule is CCOC(=O)c1c[nH]c(=O)c([C@H](CC(=O)NCCc2cnc[nH]2)c2ccc3c(c2)OCO3)c1O. The molecule has 1 aliphatic heterocycles. The largest absolute Gasteiger partial charge is 0.506 e. The second-order valence-electron chi connectivity index (χ2n) is 7.56. The number of rotatable bonds is 9. The molecule has 3 heterocycles. The number of aromatic amines is 2. The van der Waals surface area contributed by atoms with E-state index in [2.05, 4.69) is 20.3 Å². The van der Waals surface area contributed by atoms with Crippen LogP contribution >= 0.6 is 0 Å². The highest BCUT2D eigenvalue weighted by atomic mass is 16.7. The van der Waals surface area contributed by atoms with E-state index < -0.39 is 23.2 Å². The minimum atomic E-state index is -0.875. The molecule has 4 rings (SSSR count). The first kappa shape index (κ1) is 22.9. The number of aromatic hydroxyl groups is 1. The van der Waals surface area contributed by atoms with Gasteiger partial charge in [-0.3, -0.25) is 9.59 Å². The molecule has 1 aromatic carbocycles. The summed E-state index contributed by atoms with van der Waals surface area (Å²) in [5, 5.41) is 13.7. The lowest BCUT2D eigenvalue weighted by Gasteiger charge is -2.19. The second-order valence-corrected chi connectivity index (χ2v) is 7.56. The molecule has 1 amide bonds. The highest BCUT2D eigenvalue weighted by Gasteiger charge is 2.29. The normalized spacial score (nSPS) is 12.9. The van der Waals surface area contributed by atoms with Crippen molar-refractivity contribution < 1.29 is 28.9 Å². The molecule has 3 aromatic rings. The van der Waals surface area contributed by atoms with Crippen LogP contribution in [0.3, 0.4) is 0 Å². The molecule has 178 valence electrons. The number of H-pyrrole nitrogens is 2. The van der Waals surface area contributed by atoms with Crippen molar-refractivity contribution in [3.8, 4) is 17.2 Å². The maximum Gasteiger partial charge on any atom is 0.343 e. The fourth-order valence-corrected chi connectivity index (χ4v) is 3.76. The summed E-state index contributed by atoms with van der Waals surface area (Å²) in [5.74, 6) is -1.55. The molecule has 34 heavy (non-hydrogen) atoms. The predicted molar refractivity (Wildman–Crippen MR) is 119 cm³/mol. The average molecular weight is 468 g/mol. The maximum atomic E-state index is 12.8.